The Hall–Kier alpha value is -2.10. The van der Waals surface area contributed by atoms with Gasteiger partial charge in [0, 0.05) is 18.2 Å². The maximum absolute atomic E-state index is 11.4. The van der Waals surface area contributed by atoms with Crippen molar-refractivity contribution in [2.45, 2.75) is 13.3 Å². The minimum absolute atomic E-state index is 0.147. The summed E-state index contributed by atoms with van der Waals surface area (Å²) in [5, 5.41) is 2.71. The highest BCUT2D eigenvalue weighted by molar-refractivity contribution is 5.92. The van der Waals surface area contributed by atoms with Crippen LogP contribution < -0.4 is 5.32 Å². The van der Waals surface area contributed by atoms with Gasteiger partial charge in [0.15, 0.2) is 0 Å². The van der Waals surface area contributed by atoms with Crippen LogP contribution in [0.15, 0.2) is 42.5 Å². The predicted molar refractivity (Wildman–Crippen MR) is 65.5 cm³/mol. The second-order valence-corrected chi connectivity index (χ2v) is 3.27. The summed E-state index contributed by atoms with van der Waals surface area (Å²) in [7, 11) is 0. The van der Waals surface area contributed by atoms with Crippen molar-refractivity contribution in [3.05, 3.63) is 42.5 Å². The summed E-state index contributed by atoms with van der Waals surface area (Å²) in [5.74, 6) is -0.600. The molecule has 0 aliphatic heterocycles. The number of benzene rings is 1. The zero-order chi connectivity index (χ0) is 12.5. The van der Waals surface area contributed by atoms with Crippen LogP contribution >= 0.6 is 0 Å². The van der Waals surface area contributed by atoms with Gasteiger partial charge in [0.25, 0.3) is 0 Å². The molecule has 17 heavy (non-hydrogen) atoms. The number of carbonyl (C=O) groups excluding carboxylic acids is 2. The Bertz CT molecular complexity index is 398. The van der Waals surface area contributed by atoms with Crippen LogP contribution in [-0.4, -0.2) is 18.5 Å². The molecule has 4 nitrogen and oxygen atoms in total. The molecule has 0 bridgehead atoms. The second kappa shape index (κ2) is 7.22. The number of amides is 1. The number of para-hydroxylation sites is 1. The molecule has 1 aromatic rings. The molecule has 90 valence electrons. The Morgan fingerprint density at radius 3 is 2.65 bits per heavy atom. The molecule has 0 radical (unpaired) electrons. The summed E-state index contributed by atoms with van der Waals surface area (Å²) in [6.07, 6.45) is 2.89. The lowest BCUT2D eigenvalue weighted by Crippen LogP contribution is -2.10. The number of anilines is 1. The summed E-state index contributed by atoms with van der Waals surface area (Å²) in [6, 6.07) is 9.14. The molecule has 0 aromatic heterocycles. The van der Waals surface area contributed by atoms with E-state index in [4.69, 9.17) is 0 Å². The lowest BCUT2D eigenvalue weighted by Gasteiger charge is -2.01. The first-order chi connectivity index (χ1) is 8.22. The molecule has 0 aliphatic carbocycles. The molecule has 1 rings (SSSR count). The maximum atomic E-state index is 11.4. The molecule has 1 N–H and O–H groups in total. The van der Waals surface area contributed by atoms with E-state index in [0.717, 1.165) is 5.69 Å². The van der Waals surface area contributed by atoms with Crippen molar-refractivity contribution in [3.63, 3.8) is 0 Å². The molecule has 1 amide bonds. The van der Waals surface area contributed by atoms with Crippen molar-refractivity contribution in [1.29, 1.82) is 0 Å². The lowest BCUT2D eigenvalue weighted by atomic mass is 10.3. The van der Waals surface area contributed by atoms with Gasteiger partial charge in [0.1, 0.15) is 0 Å². The second-order valence-electron chi connectivity index (χ2n) is 3.27. The van der Waals surface area contributed by atoms with Gasteiger partial charge in [0.05, 0.1) is 6.61 Å². The average molecular weight is 233 g/mol. The number of ether oxygens (including phenoxy) is 1. The van der Waals surface area contributed by atoms with Crippen molar-refractivity contribution in [2.24, 2.45) is 0 Å². The Balaban J connectivity index is 2.33. The molecule has 0 saturated carbocycles. The van der Waals surface area contributed by atoms with E-state index in [0.29, 0.717) is 6.61 Å². The molecule has 0 saturated heterocycles. The first-order valence-electron chi connectivity index (χ1n) is 5.40. The van der Waals surface area contributed by atoms with Gasteiger partial charge in [-0.3, -0.25) is 4.79 Å². The zero-order valence-corrected chi connectivity index (χ0v) is 9.68. The highest BCUT2D eigenvalue weighted by atomic mass is 16.5. The van der Waals surface area contributed by atoms with Crippen LogP contribution in [0.4, 0.5) is 5.69 Å². The number of rotatable bonds is 5. The fraction of sp³-hybridized carbons (Fsp3) is 0.231. The minimum atomic E-state index is -0.431. The van der Waals surface area contributed by atoms with Gasteiger partial charge in [-0.1, -0.05) is 24.3 Å². The van der Waals surface area contributed by atoms with E-state index in [1.165, 1.54) is 12.2 Å². The Labute approximate surface area is 100 Å². The smallest absolute Gasteiger partial charge is 0.330 e. The van der Waals surface area contributed by atoms with Gasteiger partial charge in [-0.2, -0.15) is 0 Å². The van der Waals surface area contributed by atoms with E-state index in [1.807, 2.05) is 18.2 Å². The molecule has 0 spiro atoms. The molecule has 1 aromatic carbocycles. The lowest BCUT2D eigenvalue weighted by molar-refractivity contribution is -0.137. The number of nitrogens with one attached hydrogen (secondary N) is 1. The minimum Gasteiger partial charge on any atom is -0.463 e. The molecule has 0 atom stereocenters. The summed E-state index contributed by atoms with van der Waals surface area (Å²) in [5.41, 5.74) is 0.738. The van der Waals surface area contributed by atoms with Crippen molar-refractivity contribution in [3.8, 4) is 0 Å². The van der Waals surface area contributed by atoms with Crippen LogP contribution in [0, 0.1) is 0 Å². The highest BCUT2D eigenvalue weighted by Crippen LogP contribution is 2.05. The topological polar surface area (TPSA) is 55.4 Å². The third-order valence-corrected chi connectivity index (χ3v) is 1.90. The summed E-state index contributed by atoms with van der Waals surface area (Å²) in [6.45, 7) is 2.06. The van der Waals surface area contributed by atoms with Crippen molar-refractivity contribution in [2.75, 3.05) is 11.9 Å². The monoisotopic (exact) mass is 233 g/mol. The van der Waals surface area contributed by atoms with Gasteiger partial charge >= 0.3 is 5.97 Å². The number of carbonyl (C=O) groups is 2. The van der Waals surface area contributed by atoms with E-state index < -0.39 is 5.97 Å². The van der Waals surface area contributed by atoms with E-state index in [1.54, 1.807) is 19.1 Å². The summed E-state index contributed by atoms with van der Waals surface area (Å²) >= 11 is 0. The van der Waals surface area contributed by atoms with E-state index >= 15 is 0 Å². The van der Waals surface area contributed by atoms with E-state index in [2.05, 4.69) is 10.1 Å². The number of hydrogen-bond acceptors (Lipinski definition) is 3. The third-order valence-electron chi connectivity index (χ3n) is 1.90. The first kappa shape index (κ1) is 13.0. The van der Waals surface area contributed by atoms with Gasteiger partial charge in [-0.15, -0.1) is 0 Å². The molecule has 0 aliphatic rings. The van der Waals surface area contributed by atoms with E-state index in [-0.39, 0.29) is 12.3 Å². The molecule has 4 heteroatoms. The predicted octanol–water partition coefficient (Wildman–Crippen LogP) is 2.13. The Kier molecular flexibility index (Phi) is 5.51. The van der Waals surface area contributed by atoms with Gasteiger partial charge in [0.2, 0.25) is 5.91 Å². The Morgan fingerprint density at radius 1 is 1.29 bits per heavy atom. The van der Waals surface area contributed by atoms with Crippen molar-refractivity contribution < 1.29 is 14.3 Å². The first-order valence-corrected chi connectivity index (χ1v) is 5.40. The van der Waals surface area contributed by atoms with Gasteiger partial charge < -0.3 is 10.1 Å². The number of esters is 1. The zero-order valence-electron chi connectivity index (χ0n) is 9.68. The van der Waals surface area contributed by atoms with Gasteiger partial charge in [-0.25, -0.2) is 4.79 Å². The molecule has 0 unspecified atom stereocenters. The largest absolute Gasteiger partial charge is 0.463 e. The molecule has 0 fully saturated rings. The maximum Gasteiger partial charge on any atom is 0.330 e. The third kappa shape index (κ3) is 5.51. The van der Waals surface area contributed by atoms with Crippen LogP contribution in [-0.2, 0) is 14.3 Å². The highest BCUT2D eigenvalue weighted by Gasteiger charge is 1.99. The summed E-state index contributed by atoms with van der Waals surface area (Å²) < 4.78 is 4.68. The van der Waals surface area contributed by atoms with Crippen LogP contribution in [0.3, 0.4) is 0 Å². The van der Waals surface area contributed by atoms with Gasteiger partial charge in [-0.05, 0) is 19.1 Å². The van der Waals surface area contributed by atoms with Crippen LogP contribution in [0.25, 0.3) is 0 Å². The van der Waals surface area contributed by atoms with Crippen molar-refractivity contribution in [1.82, 2.24) is 0 Å². The Morgan fingerprint density at radius 2 is 2.00 bits per heavy atom. The average Bonchev–Trinajstić information content (AvgIpc) is 2.30. The molecular weight excluding hydrogens is 218 g/mol. The fourth-order valence-electron chi connectivity index (χ4n) is 1.19. The van der Waals surface area contributed by atoms with Crippen LogP contribution in [0.2, 0.25) is 0 Å². The summed E-state index contributed by atoms with van der Waals surface area (Å²) in [4.78, 5) is 22.4. The molecular formula is C13H15NO3. The van der Waals surface area contributed by atoms with Crippen molar-refractivity contribution >= 4 is 17.6 Å². The fourth-order valence-corrected chi connectivity index (χ4v) is 1.19. The quantitative estimate of drug-likeness (QED) is 0.626. The standard InChI is InChI=1S/C13H15NO3/c1-2-17-13(16)10-6-9-12(15)14-11-7-4-3-5-8-11/h3-8,10H,2,9H2,1H3,(H,14,15). The van der Waals surface area contributed by atoms with Crippen LogP contribution in [0.5, 0.6) is 0 Å². The van der Waals surface area contributed by atoms with E-state index in [9.17, 15) is 9.59 Å². The van der Waals surface area contributed by atoms with Crippen LogP contribution in [0.1, 0.15) is 13.3 Å². The SMILES string of the molecule is CCOC(=O)C=CCC(=O)Nc1ccccc1. The molecule has 0 heterocycles. The normalized spacial score (nSPS) is 10.2. The number of hydrogen-bond donors (Lipinski definition) is 1.